The Kier molecular flexibility index (Phi) is 11.2. The lowest BCUT2D eigenvalue weighted by Crippen LogP contribution is -3.00. The van der Waals surface area contributed by atoms with Gasteiger partial charge in [-0.15, -0.1) is 0 Å². The van der Waals surface area contributed by atoms with Gasteiger partial charge in [-0.25, -0.2) is 0 Å². The van der Waals surface area contributed by atoms with Crippen molar-refractivity contribution in [3.8, 4) is 0 Å². The second kappa shape index (κ2) is 9.88. The minimum Gasteiger partial charge on any atom is -1.00 e. The lowest BCUT2D eigenvalue weighted by molar-refractivity contribution is -0.870. The van der Waals surface area contributed by atoms with E-state index in [1.54, 1.807) is 4.90 Å². The van der Waals surface area contributed by atoms with Crippen molar-refractivity contribution < 1.29 is 33.3 Å². The molecule has 4 heteroatoms. The first-order valence-corrected chi connectivity index (χ1v) is 6.05. The molecule has 17 heavy (non-hydrogen) atoms. The van der Waals surface area contributed by atoms with Gasteiger partial charge in [0.1, 0.15) is 0 Å². The molecule has 0 saturated heterocycles. The van der Waals surface area contributed by atoms with Crippen molar-refractivity contribution in [3.05, 3.63) is 12.7 Å². The Labute approximate surface area is 123 Å². The largest absolute Gasteiger partial charge is 1.00 e. The van der Waals surface area contributed by atoms with Crippen LogP contribution in [-0.4, -0.2) is 56.6 Å². The van der Waals surface area contributed by atoms with E-state index in [-0.39, 0.29) is 29.9 Å². The minimum atomic E-state index is 0. The van der Waals surface area contributed by atoms with Crippen molar-refractivity contribution in [3.63, 3.8) is 0 Å². The molecule has 102 valence electrons. The average molecular weight is 354 g/mol. The summed E-state index contributed by atoms with van der Waals surface area (Å²) in [5, 5.41) is 0. The fourth-order valence-electron chi connectivity index (χ4n) is 1.55. The number of likely N-dealkylation sites (N-methyl/N-ethyl adjacent to an activating group) is 1. The summed E-state index contributed by atoms with van der Waals surface area (Å²) in [7, 11) is 8.49. The van der Waals surface area contributed by atoms with Gasteiger partial charge >= 0.3 is 0 Å². The topological polar surface area (TPSA) is 20.3 Å². The summed E-state index contributed by atoms with van der Waals surface area (Å²) in [6, 6.07) is 0. The maximum absolute atomic E-state index is 11.2. The summed E-state index contributed by atoms with van der Waals surface area (Å²) in [5.74, 6) is 0.0198. The molecule has 0 aliphatic heterocycles. The summed E-state index contributed by atoms with van der Waals surface area (Å²) in [6.45, 7) is 5.54. The molecule has 0 aromatic carbocycles. The zero-order valence-electron chi connectivity index (χ0n) is 11.7. The second-order valence-electron chi connectivity index (χ2n) is 5.39. The van der Waals surface area contributed by atoms with Crippen molar-refractivity contribution in [2.45, 2.75) is 25.7 Å². The molecule has 1 amide bonds. The number of unbranched alkanes of at least 4 members (excludes halogenated alkanes) is 3. The van der Waals surface area contributed by atoms with Crippen molar-refractivity contribution in [1.29, 1.82) is 0 Å². The zero-order valence-corrected chi connectivity index (χ0v) is 13.9. The molecule has 0 N–H and O–H groups in total. The summed E-state index contributed by atoms with van der Waals surface area (Å²) in [6.07, 6.45) is 6.19. The molecule has 0 aliphatic rings. The number of halogens is 1. The number of rotatable bonds is 8. The van der Waals surface area contributed by atoms with E-state index in [1.165, 1.54) is 31.9 Å². The van der Waals surface area contributed by atoms with Gasteiger partial charge < -0.3 is 33.4 Å². The molecular formula is C13H27IN2O. The minimum absolute atomic E-state index is 0. The van der Waals surface area contributed by atoms with E-state index in [0.717, 1.165) is 17.4 Å². The predicted molar refractivity (Wildman–Crippen MR) is 69.2 cm³/mol. The molecule has 0 unspecified atom stereocenters. The van der Waals surface area contributed by atoms with Gasteiger partial charge in [0.05, 0.1) is 27.7 Å². The molecule has 0 saturated carbocycles. The van der Waals surface area contributed by atoms with Crippen LogP contribution < -0.4 is 24.0 Å². The number of hydrogen-bond acceptors (Lipinski definition) is 1. The Bertz CT molecular complexity index is 224. The van der Waals surface area contributed by atoms with Gasteiger partial charge in [-0.05, 0) is 25.3 Å². The van der Waals surface area contributed by atoms with E-state index >= 15 is 0 Å². The van der Waals surface area contributed by atoms with Crippen LogP contribution in [0, 0.1) is 0 Å². The van der Waals surface area contributed by atoms with Gasteiger partial charge in [0.2, 0.25) is 5.91 Å². The lowest BCUT2D eigenvalue weighted by atomic mass is 10.2. The molecule has 0 atom stereocenters. The molecule has 0 spiro atoms. The second-order valence-corrected chi connectivity index (χ2v) is 5.39. The quantitative estimate of drug-likeness (QED) is 0.235. The average Bonchev–Trinajstić information content (AvgIpc) is 2.20. The van der Waals surface area contributed by atoms with Crippen LogP contribution in [0.4, 0.5) is 0 Å². The first kappa shape index (κ1) is 19.2. The molecule has 0 fully saturated rings. The van der Waals surface area contributed by atoms with Crippen LogP contribution >= 0.6 is 0 Å². The first-order chi connectivity index (χ1) is 7.37. The standard InChI is InChI=1S/C13H27N2O.HI/c1-6-13(16)14(2)11-9-7-8-10-12-15(3,4)5;/h6H,1,7-12H2,2-5H3;1H/q+1;/p-1. The van der Waals surface area contributed by atoms with Gasteiger partial charge in [0, 0.05) is 13.6 Å². The van der Waals surface area contributed by atoms with E-state index < -0.39 is 0 Å². The van der Waals surface area contributed by atoms with Crippen molar-refractivity contribution in [2.24, 2.45) is 0 Å². The summed E-state index contributed by atoms with van der Waals surface area (Å²) in [5.41, 5.74) is 0. The third-order valence-electron chi connectivity index (χ3n) is 2.62. The molecule has 0 aromatic heterocycles. The molecular weight excluding hydrogens is 327 g/mol. The summed E-state index contributed by atoms with van der Waals surface area (Å²) >= 11 is 0. The monoisotopic (exact) mass is 354 g/mol. The number of nitrogens with zero attached hydrogens (tertiary/aromatic N) is 2. The molecule has 0 aliphatic carbocycles. The molecule has 0 aromatic rings. The van der Waals surface area contributed by atoms with Gasteiger partial charge in [-0.1, -0.05) is 13.0 Å². The Morgan fingerprint density at radius 1 is 1.18 bits per heavy atom. The van der Waals surface area contributed by atoms with Gasteiger partial charge in [0.15, 0.2) is 0 Å². The van der Waals surface area contributed by atoms with Crippen LogP contribution in [0.15, 0.2) is 12.7 Å². The number of hydrogen-bond donors (Lipinski definition) is 0. The maximum atomic E-state index is 11.2. The van der Waals surface area contributed by atoms with Crippen molar-refractivity contribution in [2.75, 3.05) is 41.3 Å². The molecule has 3 nitrogen and oxygen atoms in total. The Morgan fingerprint density at radius 2 is 1.71 bits per heavy atom. The van der Waals surface area contributed by atoms with Gasteiger partial charge in [-0.2, -0.15) is 0 Å². The Morgan fingerprint density at radius 3 is 2.18 bits per heavy atom. The third-order valence-corrected chi connectivity index (χ3v) is 2.62. The smallest absolute Gasteiger partial charge is 0.245 e. The SMILES string of the molecule is C=CC(=O)N(C)CCCCCC[N+](C)(C)C.[I-]. The van der Waals surface area contributed by atoms with E-state index in [2.05, 4.69) is 27.7 Å². The lowest BCUT2D eigenvalue weighted by Gasteiger charge is -2.23. The highest BCUT2D eigenvalue weighted by molar-refractivity contribution is 5.86. The highest BCUT2D eigenvalue weighted by Crippen LogP contribution is 2.04. The van der Waals surface area contributed by atoms with E-state index in [1.807, 2.05) is 7.05 Å². The fraction of sp³-hybridized carbons (Fsp3) is 0.769. The third kappa shape index (κ3) is 12.2. The van der Waals surface area contributed by atoms with E-state index in [9.17, 15) is 4.79 Å². The van der Waals surface area contributed by atoms with Crippen LogP contribution in [0.3, 0.4) is 0 Å². The molecule has 0 rings (SSSR count). The zero-order chi connectivity index (χ0) is 12.6. The van der Waals surface area contributed by atoms with Crippen molar-refractivity contribution >= 4 is 5.91 Å². The molecule has 0 bridgehead atoms. The Balaban J connectivity index is 0. The van der Waals surface area contributed by atoms with E-state index in [0.29, 0.717) is 0 Å². The van der Waals surface area contributed by atoms with Crippen molar-refractivity contribution in [1.82, 2.24) is 4.90 Å². The number of amides is 1. The fourth-order valence-corrected chi connectivity index (χ4v) is 1.55. The molecule has 0 heterocycles. The summed E-state index contributed by atoms with van der Waals surface area (Å²) < 4.78 is 1.04. The molecule has 0 radical (unpaired) electrons. The number of carbonyl (C=O) groups is 1. The van der Waals surface area contributed by atoms with Crippen LogP contribution in [0.2, 0.25) is 0 Å². The van der Waals surface area contributed by atoms with Gasteiger partial charge in [0.25, 0.3) is 0 Å². The normalized spacial score (nSPS) is 10.6. The Hall–Kier alpha value is -0.100. The maximum Gasteiger partial charge on any atom is 0.245 e. The van der Waals surface area contributed by atoms with Crippen LogP contribution in [0.5, 0.6) is 0 Å². The van der Waals surface area contributed by atoms with Crippen LogP contribution in [0.25, 0.3) is 0 Å². The van der Waals surface area contributed by atoms with E-state index in [4.69, 9.17) is 0 Å². The number of quaternary nitrogens is 1. The van der Waals surface area contributed by atoms with Crippen LogP contribution in [-0.2, 0) is 4.79 Å². The van der Waals surface area contributed by atoms with Crippen LogP contribution in [0.1, 0.15) is 25.7 Å². The summed E-state index contributed by atoms with van der Waals surface area (Å²) in [4.78, 5) is 12.9. The highest BCUT2D eigenvalue weighted by atomic mass is 127. The highest BCUT2D eigenvalue weighted by Gasteiger charge is 2.06. The van der Waals surface area contributed by atoms with Gasteiger partial charge in [-0.3, -0.25) is 4.79 Å². The first-order valence-electron chi connectivity index (χ1n) is 6.05. The number of carbonyl (C=O) groups excluding carboxylic acids is 1. The predicted octanol–water partition coefficient (Wildman–Crippen LogP) is -1.10.